The van der Waals surface area contributed by atoms with Gasteiger partial charge in [0.2, 0.25) is 16.2 Å². The number of unbranched alkanes of at least 4 members (excludes halogenated alkanes) is 1. The second-order valence-electron chi connectivity index (χ2n) is 9.09. The van der Waals surface area contributed by atoms with E-state index < -0.39 is 28.2 Å². The van der Waals surface area contributed by atoms with Crippen molar-refractivity contribution in [3.63, 3.8) is 0 Å². The van der Waals surface area contributed by atoms with Gasteiger partial charge in [0.1, 0.15) is 10.9 Å². The van der Waals surface area contributed by atoms with Crippen molar-refractivity contribution in [2.75, 3.05) is 13.1 Å². The summed E-state index contributed by atoms with van der Waals surface area (Å²) in [7, 11) is -2.74. The van der Waals surface area contributed by atoms with Crippen LogP contribution in [0.4, 0.5) is 5.69 Å². The summed E-state index contributed by atoms with van der Waals surface area (Å²) in [5.74, 6) is -2.43. The fraction of sp³-hybridized carbons (Fsp3) is 0.385. The van der Waals surface area contributed by atoms with Gasteiger partial charge in [-0.05, 0) is 43.4 Å². The van der Waals surface area contributed by atoms with E-state index >= 15 is 0 Å². The third-order valence-electron chi connectivity index (χ3n) is 6.40. The van der Waals surface area contributed by atoms with Crippen LogP contribution in [0.1, 0.15) is 48.2 Å². The molecule has 0 fully saturated rings. The Labute approximate surface area is 221 Å². The fourth-order valence-electron chi connectivity index (χ4n) is 4.43. The molecule has 12 heteroatoms. The number of aliphatic imine (C=N–C) groups is 1. The van der Waals surface area contributed by atoms with Gasteiger partial charge in [0.05, 0.1) is 5.69 Å². The Bertz CT molecular complexity index is 1410. The normalized spacial score (nSPS) is 14.6. The average molecular weight is 540 g/mol. The number of amides is 2. The van der Waals surface area contributed by atoms with Gasteiger partial charge in [0, 0.05) is 49.4 Å². The lowest BCUT2D eigenvalue weighted by Gasteiger charge is -2.16. The molecule has 0 radical (unpaired) electrons. The quantitative estimate of drug-likeness (QED) is 0.239. The molecule has 11 nitrogen and oxygen atoms in total. The van der Waals surface area contributed by atoms with E-state index in [1.165, 1.54) is 11.6 Å². The molecule has 4 N–H and O–H groups in total. The largest absolute Gasteiger partial charge is 0.480 e. The SMILES string of the molecule is O=C(CCCCc1ccc2c(n1)CCNC2)NCC[C@H](NC(=O)C1=Nc2ccccc2C1=S(=O)=O)C(=O)O. The van der Waals surface area contributed by atoms with Gasteiger partial charge in [-0.25, -0.2) is 9.79 Å². The highest BCUT2D eigenvalue weighted by Crippen LogP contribution is 2.26. The molecule has 2 amide bonds. The van der Waals surface area contributed by atoms with Gasteiger partial charge in [0.15, 0.2) is 5.71 Å². The van der Waals surface area contributed by atoms with E-state index in [0.29, 0.717) is 18.5 Å². The lowest BCUT2D eigenvalue weighted by atomic mass is 10.0. The predicted octanol–water partition coefficient (Wildman–Crippen LogP) is 0.702. The standard InChI is InChI=1S/C26H29N5O6S/c32-22(8-4-1-5-17-10-9-16-15-27-13-11-19(16)29-17)28-14-12-21(26(34)35)31-25(33)23-24(38(36)37)18-6-2-3-7-20(18)30-23/h2-3,6-7,9-10,21,27H,1,4-5,8,11-15H2,(H,28,32)(H,31,33)(H,34,35)/t21-/m0/s1. The maximum absolute atomic E-state index is 12.7. The molecule has 1 aromatic heterocycles. The monoisotopic (exact) mass is 539 g/mol. The molecule has 0 unspecified atom stereocenters. The summed E-state index contributed by atoms with van der Waals surface area (Å²) in [4.78, 5) is 45.1. The molecule has 2 aliphatic heterocycles. The summed E-state index contributed by atoms with van der Waals surface area (Å²) in [5.41, 5.74) is 3.62. The van der Waals surface area contributed by atoms with Crippen molar-refractivity contribution >= 4 is 44.3 Å². The number of benzene rings is 1. The van der Waals surface area contributed by atoms with Gasteiger partial charge in [-0.15, -0.1) is 0 Å². The predicted molar refractivity (Wildman–Crippen MR) is 141 cm³/mol. The first-order chi connectivity index (χ1) is 18.3. The first-order valence-electron chi connectivity index (χ1n) is 12.5. The highest BCUT2D eigenvalue weighted by molar-refractivity contribution is 7.75. The van der Waals surface area contributed by atoms with Crippen molar-refractivity contribution in [2.24, 2.45) is 4.99 Å². The first-order valence-corrected chi connectivity index (χ1v) is 13.5. The summed E-state index contributed by atoms with van der Waals surface area (Å²) in [6.45, 7) is 1.81. The molecule has 38 heavy (non-hydrogen) atoms. The van der Waals surface area contributed by atoms with Crippen molar-refractivity contribution in [1.82, 2.24) is 20.9 Å². The number of para-hydroxylation sites is 1. The molecule has 4 rings (SSSR count). The molecule has 2 aliphatic rings. The smallest absolute Gasteiger partial charge is 0.326 e. The number of carbonyl (C=O) groups excluding carboxylic acids is 2. The number of hydrogen-bond acceptors (Lipinski definition) is 8. The summed E-state index contributed by atoms with van der Waals surface area (Å²) < 4.78 is 23.4. The molecule has 0 aliphatic carbocycles. The van der Waals surface area contributed by atoms with Crippen LogP contribution in [0, 0.1) is 0 Å². The van der Waals surface area contributed by atoms with Crippen LogP contribution in [-0.2, 0) is 44.1 Å². The van der Waals surface area contributed by atoms with E-state index in [2.05, 4.69) is 27.0 Å². The Balaban J connectivity index is 1.21. The van der Waals surface area contributed by atoms with E-state index in [1.807, 2.05) is 6.07 Å². The summed E-state index contributed by atoms with van der Waals surface area (Å²) in [6, 6.07) is 9.15. The number of rotatable bonds is 11. The Hall–Kier alpha value is -3.90. The molecule has 0 bridgehead atoms. The molecule has 1 aromatic carbocycles. The third kappa shape index (κ3) is 6.69. The van der Waals surface area contributed by atoms with E-state index in [1.54, 1.807) is 18.2 Å². The molecule has 1 atom stereocenters. The molecule has 2 aromatic rings. The number of carbonyl (C=O) groups is 3. The molecule has 0 saturated carbocycles. The van der Waals surface area contributed by atoms with Crippen LogP contribution in [0.25, 0.3) is 0 Å². The van der Waals surface area contributed by atoms with Crippen LogP contribution in [-0.4, -0.2) is 66.0 Å². The van der Waals surface area contributed by atoms with Gasteiger partial charge in [-0.2, -0.15) is 8.42 Å². The zero-order chi connectivity index (χ0) is 27.1. The molecular weight excluding hydrogens is 510 g/mol. The van der Waals surface area contributed by atoms with Gasteiger partial charge in [0.25, 0.3) is 5.91 Å². The Morgan fingerprint density at radius 2 is 1.92 bits per heavy atom. The topological polar surface area (TPSA) is 167 Å². The number of nitrogens with zero attached hydrogens (tertiary/aromatic N) is 2. The summed E-state index contributed by atoms with van der Waals surface area (Å²) in [6.07, 6.45) is 3.38. The van der Waals surface area contributed by atoms with Crippen LogP contribution >= 0.6 is 0 Å². The minimum absolute atomic E-state index is 0.0350. The lowest BCUT2D eigenvalue weighted by Crippen LogP contribution is -2.47. The number of aromatic nitrogens is 1. The number of aryl methyl sites for hydroxylation is 1. The van der Waals surface area contributed by atoms with E-state index in [0.717, 1.165) is 43.7 Å². The van der Waals surface area contributed by atoms with Crippen LogP contribution in [0.15, 0.2) is 41.4 Å². The van der Waals surface area contributed by atoms with E-state index in [9.17, 15) is 27.9 Å². The number of carboxylic acids is 1. The zero-order valence-corrected chi connectivity index (χ0v) is 21.5. The highest BCUT2D eigenvalue weighted by atomic mass is 32.2. The van der Waals surface area contributed by atoms with Gasteiger partial charge < -0.3 is 21.1 Å². The third-order valence-corrected chi connectivity index (χ3v) is 7.15. The number of pyridine rings is 1. The molecular formula is C26H29N5O6S. The van der Waals surface area contributed by atoms with Gasteiger partial charge in [-0.3, -0.25) is 14.6 Å². The second kappa shape index (κ2) is 12.6. The Morgan fingerprint density at radius 3 is 2.71 bits per heavy atom. The van der Waals surface area contributed by atoms with Crippen molar-refractivity contribution in [2.45, 2.75) is 51.1 Å². The number of nitrogens with one attached hydrogen (secondary N) is 3. The first kappa shape index (κ1) is 27.1. The van der Waals surface area contributed by atoms with Crippen LogP contribution in [0.5, 0.6) is 0 Å². The zero-order valence-electron chi connectivity index (χ0n) is 20.7. The summed E-state index contributed by atoms with van der Waals surface area (Å²) >= 11 is 0. The van der Waals surface area contributed by atoms with Crippen LogP contribution in [0.2, 0.25) is 0 Å². The maximum Gasteiger partial charge on any atom is 0.326 e. The Kier molecular flexibility index (Phi) is 8.98. The molecule has 0 saturated heterocycles. The Morgan fingerprint density at radius 1 is 1.11 bits per heavy atom. The van der Waals surface area contributed by atoms with Gasteiger partial charge in [-0.1, -0.05) is 24.3 Å². The van der Waals surface area contributed by atoms with Crippen molar-refractivity contribution < 1.29 is 27.9 Å². The fourth-order valence-corrected chi connectivity index (χ4v) is 5.07. The molecule has 3 heterocycles. The van der Waals surface area contributed by atoms with Crippen molar-refractivity contribution in [3.8, 4) is 0 Å². The number of hydrogen-bond donors (Lipinski definition) is 4. The number of aliphatic carboxylic acids is 1. The average Bonchev–Trinajstić information content (AvgIpc) is 3.30. The minimum atomic E-state index is -2.74. The number of carboxylic acid groups (broad SMARTS) is 1. The molecule has 200 valence electrons. The maximum atomic E-state index is 12.7. The molecule has 0 spiro atoms. The number of fused-ring (bicyclic) bond motifs is 2. The van der Waals surface area contributed by atoms with Crippen molar-refractivity contribution in [3.05, 3.63) is 58.9 Å². The minimum Gasteiger partial charge on any atom is -0.480 e. The van der Waals surface area contributed by atoms with Crippen LogP contribution in [0.3, 0.4) is 0 Å². The van der Waals surface area contributed by atoms with Crippen LogP contribution < -0.4 is 16.0 Å². The lowest BCUT2D eigenvalue weighted by molar-refractivity contribution is -0.141. The summed E-state index contributed by atoms with van der Waals surface area (Å²) in [5, 5.41) is 17.8. The van der Waals surface area contributed by atoms with Gasteiger partial charge >= 0.3 is 5.97 Å². The van der Waals surface area contributed by atoms with E-state index in [-0.39, 0.29) is 35.0 Å². The van der Waals surface area contributed by atoms with E-state index in [4.69, 9.17) is 4.98 Å². The highest BCUT2D eigenvalue weighted by Gasteiger charge is 2.31. The second-order valence-corrected chi connectivity index (χ2v) is 9.96. The van der Waals surface area contributed by atoms with Crippen molar-refractivity contribution in [1.29, 1.82) is 0 Å².